The van der Waals surface area contributed by atoms with Crippen LogP contribution in [0.5, 0.6) is 0 Å². The lowest BCUT2D eigenvalue weighted by Crippen LogP contribution is -1.90. The third-order valence-corrected chi connectivity index (χ3v) is 2.53. The molecule has 0 aliphatic rings. The van der Waals surface area contributed by atoms with Gasteiger partial charge in [0.25, 0.3) is 0 Å². The molecular weight excluding hydrogens is 144 g/mol. The Kier molecular flexibility index (Phi) is 7.23. The molecule has 0 heteroatoms. The van der Waals surface area contributed by atoms with E-state index in [1.54, 1.807) is 5.57 Å². The van der Waals surface area contributed by atoms with Gasteiger partial charge in [0, 0.05) is 0 Å². The third-order valence-electron chi connectivity index (χ3n) is 2.53. The molecule has 0 aromatic heterocycles. The quantitative estimate of drug-likeness (QED) is 0.510. The predicted molar refractivity (Wildman–Crippen MR) is 57.4 cm³/mol. The Morgan fingerprint density at radius 3 is 2.33 bits per heavy atom. The molecule has 0 nitrogen and oxygen atoms in total. The number of hydrogen-bond donors (Lipinski definition) is 0. The van der Waals surface area contributed by atoms with Gasteiger partial charge in [-0.3, -0.25) is 0 Å². The summed E-state index contributed by atoms with van der Waals surface area (Å²) in [6.07, 6.45) is 8.87. The van der Waals surface area contributed by atoms with Crippen LogP contribution in [0.3, 0.4) is 0 Å². The first-order valence-electron chi connectivity index (χ1n) is 5.42. The summed E-state index contributed by atoms with van der Waals surface area (Å²) in [6, 6.07) is 0. The lowest BCUT2D eigenvalue weighted by Gasteiger charge is -2.06. The van der Waals surface area contributed by atoms with E-state index in [0.717, 1.165) is 5.92 Å². The summed E-state index contributed by atoms with van der Waals surface area (Å²) in [7, 11) is 0. The molecule has 12 heavy (non-hydrogen) atoms. The van der Waals surface area contributed by atoms with E-state index >= 15 is 0 Å². The molecule has 0 bridgehead atoms. The van der Waals surface area contributed by atoms with Crippen LogP contribution in [0.2, 0.25) is 0 Å². The fourth-order valence-electron chi connectivity index (χ4n) is 1.28. The first kappa shape index (κ1) is 11.7. The molecule has 72 valence electrons. The van der Waals surface area contributed by atoms with E-state index in [-0.39, 0.29) is 0 Å². The zero-order valence-electron chi connectivity index (χ0n) is 9.19. The van der Waals surface area contributed by atoms with Gasteiger partial charge in [-0.2, -0.15) is 0 Å². The molecule has 0 amide bonds. The summed E-state index contributed by atoms with van der Waals surface area (Å²) in [4.78, 5) is 0. The van der Waals surface area contributed by atoms with Crippen molar-refractivity contribution in [3.05, 3.63) is 11.6 Å². The maximum atomic E-state index is 2.46. The Balaban J connectivity index is 3.76. The van der Waals surface area contributed by atoms with Crippen LogP contribution in [0.4, 0.5) is 0 Å². The summed E-state index contributed by atoms with van der Waals surface area (Å²) < 4.78 is 0. The molecule has 0 saturated heterocycles. The van der Waals surface area contributed by atoms with Gasteiger partial charge >= 0.3 is 0 Å². The summed E-state index contributed by atoms with van der Waals surface area (Å²) >= 11 is 0. The third kappa shape index (κ3) is 5.40. The van der Waals surface area contributed by atoms with Crippen LogP contribution in [0.25, 0.3) is 0 Å². The van der Waals surface area contributed by atoms with Gasteiger partial charge in [-0.15, -0.1) is 0 Å². The van der Waals surface area contributed by atoms with E-state index in [9.17, 15) is 0 Å². The molecule has 0 saturated carbocycles. The summed E-state index contributed by atoms with van der Waals surface area (Å²) in [5.74, 6) is 0.864. The largest absolute Gasteiger partial charge is 0.0851 e. The second-order valence-electron chi connectivity index (χ2n) is 3.72. The van der Waals surface area contributed by atoms with Gasteiger partial charge in [0.2, 0.25) is 0 Å². The van der Waals surface area contributed by atoms with Crippen LogP contribution in [-0.4, -0.2) is 0 Å². The van der Waals surface area contributed by atoms with E-state index < -0.39 is 0 Å². The second-order valence-corrected chi connectivity index (χ2v) is 3.72. The van der Waals surface area contributed by atoms with Gasteiger partial charge in [0.15, 0.2) is 0 Å². The van der Waals surface area contributed by atoms with E-state index in [1.165, 1.54) is 32.1 Å². The zero-order chi connectivity index (χ0) is 9.40. The Morgan fingerprint density at radius 2 is 1.92 bits per heavy atom. The van der Waals surface area contributed by atoms with Crippen LogP contribution in [0.15, 0.2) is 11.6 Å². The maximum Gasteiger partial charge on any atom is -0.0322 e. The molecule has 0 aromatic rings. The first-order chi connectivity index (χ1) is 5.74. The van der Waals surface area contributed by atoms with Crippen molar-refractivity contribution >= 4 is 0 Å². The van der Waals surface area contributed by atoms with E-state index in [1.807, 2.05) is 0 Å². The zero-order valence-corrected chi connectivity index (χ0v) is 9.19. The molecule has 0 aliphatic carbocycles. The minimum atomic E-state index is 0.864. The van der Waals surface area contributed by atoms with Gasteiger partial charge in [-0.25, -0.2) is 0 Å². The standard InChI is InChI=1S/C12H24/c1-5-8-12(7-3)10-9-11(4)6-2/h10-11H,5-9H2,1-4H3. The normalized spacial score (nSPS) is 14.8. The summed E-state index contributed by atoms with van der Waals surface area (Å²) in [5, 5.41) is 0. The number of hydrogen-bond acceptors (Lipinski definition) is 0. The molecule has 0 radical (unpaired) electrons. The minimum Gasteiger partial charge on any atom is -0.0851 e. The van der Waals surface area contributed by atoms with Gasteiger partial charge < -0.3 is 0 Å². The number of rotatable bonds is 6. The molecule has 0 rings (SSSR count). The Labute approximate surface area is 78.1 Å². The van der Waals surface area contributed by atoms with Crippen LogP contribution in [0.1, 0.15) is 59.8 Å². The van der Waals surface area contributed by atoms with Gasteiger partial charge in [0.05, 0.1) is 0 Å². The van der Waals surface area contributed by atoms with E-state index in [4.69, 9.17) is 0 Å². The maximum absolute atomic E-state index is 2.46. The highest BCUT2D eigenvalue weighted by atomic mass is 14.0. The first-order valence-corrected chi connectivity index (χ1v) is 5.42. The minimum absolute atomic E-state index is 0.864. The van der Waals surface area contributed by atoms with Crippen LogP contribution in [0, 0.1) is 5.92 Å². The molecule has 0 aliphatic heterocycles. The van der Waals surface area contributed by atoms with Crippen molar-refractivity contribution in [3.8, 4) is 0 Å². The molecule has 0 spiro atoms. The molecule has 1 unspecified atom stereocenters. The highest BCUT2D eigenvalue weighted by Crippen LogP contribution is 2.14. The van der Waals surface area contributed by atoms with Crippen molar-refractivity contribution in [1.29, 1.82) is 0 Å². The van der Waals surface area contributed by atoms with E-state index in [2.05, 4.69) is 33.8 Å². The molecule has 0 N–H and O–H groups in total. The van der Waals surface area contributed by atoms with Crippen molar-refractivity contribution in [1.82, 2.24) is 0 Å². The summed E-state index contributed by atoms with van der Waals surface area (Å²) in [5.41, 5.74) is 1.65. The van der Waals surface area contributed by atoms with Gasteiger partial charge in [0.1, 0.15) is 0 Å². The lowest BCUT2D eigenvalue weighted by molar-refractivity contribution is 0.568. The highest BCUT2D eigenvalue weighted by molar-refractivity contribution is 5.01. The van der Waals surface area contributed by atoms with Gasteiger partial charge in [-0.1, -0.05) is 52.2 Å². The fraction of sp³-hybridized carbons (Fsp3) is 0.833. The molecule has 0 aromatic carbocycles. The van der Waals surface area contributed by atoms with Crippen LogP contribution in [-0.2, 0) is 0 Å². The number of allylic oxidation sites excluding steroid dienone is 2. The SMILES string of the molecule is CCCC(=CCC(C)CC)CC. The average Bonchev–Trinajstić information content (AvgIpc) is 2.11. The van der Waals surface area contributed by atoms with Crippen molar-refractivity contribution < 1.29 is 0 Å². The fourth-order valence-corrected chi connectivity index (χ4v) is 1.28. The lowest BCUT2D eigenvalue weighted by atomic mass is 10.0. The predicted octanol–water partition coefficient (Wildman–Crippen LogP) is 4.56. The highest BCUT2D eigenvalue weighted by Gasteiger charge is 1.97. The molecule has 1 atom stereocenters. The monoisotopic (exact) mass is 168 g/mol. The Hall–Kier alpha value is -0.260. The van der Waals surface area contributed by atoms with Crippen LogP contribution >= 0.6 is 0 Å². The average molecular weight is 168 g/mol. The Morgan fingerprint density at radius 1 is 1.25 bits per heavy atom. The van der Waals surface area contributed by atoms with Crippen molar-refractivity contribution in [2.45, 2.75) is 59.8 Å². The van der Waals surface area contributed by atoms with Crippen molar-refractivity contribution in [2.75, 3.05) is 0 Å². The van der Waals surface area contributed by atoms with Crippen molar-refractivity contribution in [3.63, 3.8) is 0 Å². The summed E-state index contributed by atoms with van der Waals surface area (Å²) in [6.45, 7) is 9.12. The molecule has 0 fully saturated rings. The van der Waals surface area contributed by atoms with Crippen molar-refractivity contribution in [2.24, 2.45) is 5.92 Å². The smallest absolute Gasteiger partial charge is 0.0322 e. The second kappa shape index (κ2) is 7.39. The van der Waals surface area contributed by atoms with E-state index in [0.29, 0.717) is 0 Å². The van der Waals surface area contributed by atoms with Gasteiger partial charge in [-0.05, 0) is 25.2 Å². The molecule has 0 heterocycles. The Bertz CT molecular complexity index is 122. The topological polar surface area (TPSA) is 0 Å². The molecular formula is C12H24. The van der Waals surface area contributed by atoms with Crippen LogP contribution < -0.4 is 0 Å².